The summed E-state index contributed by atoms with van der Waals surface area (Å²) in [4.78, 5) is 42.8. The van der Waals surface area contributed by atoms with Crippen LogP contribution >= 0.6 is 11.8 Å². The molecule has 36 heavy (non-hydrogen) atoms. The summed E-state index contributed by atoms with van der Waals surface area (Å²) < 4.78 is 11.7. The summed E-state index contributed by atoms with van der Waals surface area (Å²) >= 11 is 1.13. The molecule has 8 nitrogen and oxygen atoms in total. The molecule has 9 heteroatoms. The SMILES string of the molecule is COC(=O)c1ccc2c(=O)n(Cc3ccco3)c(SCC(=O)Nc3cccc4ccccc34)nc2c1. The minimum absolute atomic E-state index is 0.0238. The van der Waals surface area contributed by atoms with Gasteiger partial charge in [-0.2, -0.15) is 0 Å². The van der Waals surface area contributed by atoms with E-state index < -0.39 is 5.97 Å². The minimum Gasteiger partial charge on any atom is -0.467 e. The molecule has 0 saturated carbocycles. The largest absolute Gasteiger partial charge is 0.467 e. The fraction of sp³-hybridized carbons (Fsp3) is 0.111. The highest BCUT2D eigenvalue weighted by atomic mass is 32.2. The van der Waals surface area contributed by atoms with Gasteiger partial charge in [0.2, 0.25) is 5.91 Å². The molecule has 0 aliphatic carbocycles. The number of nitrogens with one attached hydrogen (secondary N) is 1. The van der Waals surface area contributed by atoms with Crippen LogP contribution in [0.3, 0.4) is 0 Å². The lowest BCUT2D eigenvalue weighted by Crippen LogP contribution is -2.25. The zero-order valence-corrected chi connectivity index (χ0v) is 20.1. The molecule has 5 aromatic rings. The molecule has 3 aromatic carbocycles. The third-order valence-electron chi connectivity index (χ3n) is 5.63. The first-order valence-corrected chi connectivity index (χ1v) is 12.1. The Morgan fingerprint density at radius 1 is 1.03 bits per heavy atom. The van der Waals surface area contributed by atoms with Crippen LogP contribution in [0.4, 0.5) is 5.69 Å². The highest BCUT2D eigenvalue weighted by Gasteiger charge is 2.17. The van der Waals surface area contributed by atoms with Crippen LogP contribution in [0.1, 0.15) is 16.1 Å². The molecule has 0 atom stereocenters. The molecule has 0 fully saturated rings. The first-order valence-electron chi connectivity index (χ1n) is 11.1. The van der Waals surface area contributed by atoms with Crippen molar-refractivity contribution < 1.29 is 18.7 Å². The maximum absolute atomic E-state index is 13.4. The van der Waals surface area contributed by atoms with Gasteiger partial charge in [-0.05, 0) is 41.8 Å². The number of amides is 1. The Hall–Kier alpha value is -4.37. The van der Waals surface area contributed by atoms with Gasteiger partial charge in [-0.15, -0.1) is 0 Å². The molecule has 0 unspecified atom stereocenters. The number of aromatic nitrogens is 2. The molecular weight excluding hydrogens is 478 g/mol. The molecule has 2 heterocycles. The van der Waals surface area contributed by atoms with Crippen LogP contribution in [-0.4, -0.2) is 34.3 Å². The van der Waals surface area contributed by atoms with Crippen LogP contribution in [0.2, 0.25) is 0 Å². The van der Waals surface area contributed by atoms with E-state index in [1.807, 2.05) is 42.5 Å². The number of ether oxygens (including phenoxy) is 1. The van der Waals surface area contributed by atoms with Crippen LogP contribution in [0.25, 0.3) is 21.7 Å². The van der Waals surface area contributed by atoms with Crippen molar-refractivity contribution in [2.24, 2.45) is 0 Å². The van der Waals surface area contributed by atoms with Gasteiger partial charge in [0.25, 0.3) is 5.56 Å². The topological polar surface area (TPSA) is 103 Å². The van der Waals surface area contributed by atoms with E-state index in [-0.39, 0.29) is 29.3 Å². The maximum Gasteiger partial charge on any atom is 0.337 e. The van der Waals surface area contributed by atoms with Crippen LogP contribution in [0.5, 0.6) is 0 Å². The summed E-state index contributed by atoms with van der Waals surface area (Å²) in [5.74, 6) is -0.164. The number of fused-ring (bicyclic) bond motifs is 2. The molecule has 5 rings (SSSR count). The quantitative estimate of drug-likeness (QED) is 0.197. The van der Waals surface area contributed by atoms with Crippen LogP contribution in [0.15, 0.2) is 93.4 Å². The van der Waals surface area contributed by atoms with Crippen molar-refractivity contribution in [2.45, 2.75) is 11.7 Å². The Kier molecular flexibility index (Phi) is 6.55. The fourth-order valence-electron chi connectivity index (χ4n) is 3.90. The van der Waals surface area contributed by atoms with Gasteiger partial charge >= 0.3 is 5.97 Å². The second-order valence-electron chi connectivity index (χ2n) is 7.95. The maximum atomic E-state index is 13.4. The van der Waals surface area contributed by atoms with E-state index in [9.17, 15) is 14.4 Å². The van der Waals surface area contributed by atoms with Crippen molar-refractivity contribution in [3.63, 3.8) is 0 Å². The van der Waals surface area contributed by atoms with E-state index >= 15 is 0 Å². The van der Waals surface area contributed by atoms with Crippen molar-refractivity contribution in [2.75, 3.05) is 18.2 Å². The zero-order valence-electron chi connectivity index (χ0n) is 19.3. The summed E-state index contributed by atoms with van der Waals surface area (Å²) in [6.45, 7) is 0.154. The van der Waals surface area contributed by atoms with Crippen molar-refractivity contribution >= 4 is 51.0 Å². The zero-order chi connectivity index (χ0) is 25.1. The first-order chi connectivity index (χ1) is 17.5. The number of hydrogen-bond acceptors (Lipinski definition) is 7. The molecule has 0 aliphatic heterocycles. The lowest BCUT2D eigenvalue weighted by Gasteiger charge is -2.13. The number of hydrogen-bond donors (Lipinski definition) is 1. The van der Waals surface area contributed by atoms with E-state index in [2.05, 4.69) is 10.3 Å². The lowest BCUT2D eigenvalue weighted by atomic mass is 10.1. The normalized spacial score (nSPS) is 11.0. The molecule has 1 N–H and O–H groups in total. The Labute approximate surface area is 209 Å². The molecule has 0 saturated heterocycles. The van der Waals surface area contributed by atoms with Crippen LogP contribution < -0.4 is 10.9 Å². The molecular formula is C27H21N3O5S. The average molecular weight is 500 g/mol. The molecule has 0 aliphatic rings. The number of rotatable bonds is 7. The number of anilines is 1. The predicted octanol–water partition coefficient (Wildman–Crippen LogP) is 4.71. The van der Waals surface area contributed by atoms with Gasteiger partial charge in [0.05, 0.1) is 42.1 Å². The Balaban J connectivity index is 1.46. The molecule has 180 valence electrons. The minimum atomic E-state index is -0.526. The Morgan fingerprint density at radius 3 is 2.67 bits per heavy atom. The second-order valence-corrected chi connectivity index (χ2v) is 8.89. The average Bonchev–Trinajstić information content (AvgIpc) is 3.42. The number of nitrogens with zero attached hydrogens (tertiary/aromatic N) is 2. The number of methoxy groups -OCH3 is 1. The molecule has 2 aromatic heterocycles. The number of carbonyl (C=O) groups excluding carboxylic acids is 2. The number of esters is 1. The van der Waals surface area contributed by atoms with E-state index in [1.54, 1.807) is 18.2 Å². The van der Waals surface area contributed by atoms with Gasteiger partial charge in [0.1, 0.15) is 5.76 Å². The number of benzene rings is 3. The van der Waals surface area contributed by atoms with E-state index in [0.29, 0.717) is 27.5 Å². The smallest absolute Gasteiger partial charge is 0.337 e. The summed E-state index contributed by atoms with van der Waals surface area (Å²) in [6.07, 6.45) is 1.53. The lowest BCUT2D eigenvalue weighted by molar-refractivity contribution is -0.113. The van der Waals surface area contributed by atoms with Crippen molar-refractivity contribution in [3.8, 4) is 0 Å². The highest BCUT2D eigenvalue weighted by Crippen LogP contribution is 2.24. The predicted molar refractivity (Wildman–Crippen MR) is 138 cm³/mol. The summed E-state index contributed by atoms with van der Waals surface area (Å²) in [6, 6.07) is 21.6. The summed E-state index contributed by atoms with van der Waals surface area (Å²) in [5, 5.41) is 5.59. The standard InChI is InChI=1S/C27H21N3O5S/c1-34-26(33)18-11-12-21-23(14-18)29-27(30(25(21)32)15-19-8-5-13-35-19)36-16-24(31)28-22-10-4-7-17-6-2-3-9-20(17)22/h2-14H,15-16H2,1H3,(H,28,31). The van der Waals surface area contributed by atoms with Crippen molar-refractivity contribution in [1.82, 2.24) is 9.55 Å². The highest BCUT2D eigenvalue weighted by molar-refractivity contribution is 7.99. The monoisotopic (exact) mass is 499 g/mol. The van der Waals surface area contributed by atoms with Gasteiger partial charge in [0.15, 0.2) is 5.16 Å². The third kappa shape index (κ3) is 4.73. The number of thioether (sulfide) groups is 1. The van der Waals surface area contributed by atoms with Gasteiger partial charge in [-0.3, -0.25) is 14.2 Å². The number of furan rings is 1. The van der Waals surface area contributed by atoms with E-state index in [1.165, 1.54) is 30.1 Å². The number of carbonyl (C=O) groups is 2. The van der Waals surface area contributed by atoms with Gasteiger partial charge < -0.3 is 14.5 Å². The van der Waals surface area contributed by atoms with Crippen molar-refractivity contribution in [1.29, 1.82) is 0 Å². The van der Waals surface area contributed by atoms with Crippen LogP contribution in [-0.2, 0) is 16.1 Å². The van der Waals surface area contributed by atoms with Crippen molar-refractivity contribution in [3.05, 3.63) is 101 Å². The van der Waals surface area contributed by atoms with Gasteiger partial charge in [0, 0.05) is 11.1 Å². The van der Waals surface area contributed by atoms with E-state index in [4.69, 9.17) is 9.15 Å². The molecule has 0 bridgehead atoms. The van der Waals surface area contributed by atoms with Gasteiger partial charge in [-0.25, -0.2) is 9.78 Å². The molecule has 0 spiro atoms. The molecule has 1 amide bonds. The molecule has 0 radical (unpaired) electrons. The first kappa shape index (κ1) is 23.4. The fourth-order valence-corrected chi connectivity index (χ4v) is 4.70. The summed E-state index contributed by atoms with van der Waals surface area (Å²) in [5.41, 5.74) is 1.03. The third-order valence-corrected chi connectivity index (χ3v) is 6.61. The van der Waals surface area contributed by atoms with Gasteiger partial charge in [-0.1, -0.05) is 48.2 Å². The second kappa shape index (κ2) is 10.1. The Morgan fingerprint density at radius 2 is 1.86 bits per heavy atom. The Bertz CT molecular complexity index is 1640. The van der Waals surface area contributed by atoms with Crippen LogP contribution in [0, 0.1) is 0 Å². The van der Waals surface area contributed by atoms with E-state index in [0.717, 1.165) is 22.5 Å². The summed E-state index contributed by atoms with van der Waals surface area (Å²) in [7, 11) is 1.29.